The van der Waals surface area contributed by atoms with E-state index in [4.69, 9.17) is 0 Å². The van der Waals surface area contributed by atoms with Crippen LogP contribution >= 0.6 is 0 Å². The summed E-state index contributed by atoms with van der Waals surface area (Å²) >= 11 is 0. The van der Waals surface area contributed by atoms with Gasteiger partial charge in [-0.1, -0.05) is 30.3 Å². The lowest BCUT2D eigenvalue weighted by atomic mass is 10.1. The molecule has 0 saturated heterocycles. The SMILES string of the molecule is Cc1cc(NC(=O)[C@@H](C)n2cc(-c3ccccc3)cn2)nn1C. The normalized spacial score (nSPS) is 12.1. The molecule has 118 valence electrons. The van der Waals surface area contributed by atoms with Crippen molar-refractivity contribution < 1.29 is 4.79 Å². The van der Waals surface area contributed by atoms with Crippen LogP contribution in [0.5, 0.6) is 0 Å². The average molecular weight is 309 g/mol. The summed E-state index contributed by atoms with van der Waals surface area (Å²) in [7, 11) is 1.84. The van der Waals surface area contributed by atoms with E-state index in [2.05, 4.69) is 15.5 Å². The van der Waals surface area contributed by atoms with E-state index < -0.39 is 6.04 Å². The molecule has 2 heterocycles. The molecule has 23 heavy (non-hydrogen) atoms. The first kappa shape index (κ1) is 15.0. The number of hydrogen-bond acceptors (Lipinski definition) is 3. The summed E-state index contributed by atoms with van der Waals surface area (Å²) in [6.07, 6.45) is 3.65. The second kappa shape index (κ2) is 6.08. The topological polar surface area (TPSA) is 64.7 Å². The maximum absolute atomic E-state index is 12.4. The molecule has 3 rings (SSSR count). The lowest BCUT2D eigenvalue weighted by Gasteiger charge is -2.11. The molecule has 0 aliphatic heterocycles. The van der Waals surface area contributed by atoms with Gasteiger partial charge in [-0.3, -0.25) is 14.2 Å². The van der Waals surface area contributed by atoms with Crippen molar-refractivity contribution >= 4 is 11.7 Å². The summed E-state index contributed by atoms with van der Waals surface area (Å²) in [6, 6.07) is 11.4. The quantitative estimate of drug-likeness (QED) is 0.806. The Morgan fingerprint density at radius 3 is 2.61 bits per heavy atom. The van der Waals surface area contributed by atoms with Crippen LogP contribution in [0.1, 0.15) is 18.7 Å². The zero-order valence-corrected chi connectivity index (χ0v) is 13.4. The van der Waals surface area contributed by atoms with Crippen molar-refractivity contribution in [3.63, 3.8) is 0 Å². The fraction of sp³-hybridized carbons (Fsp3) is 0.235. The predicted molar refractivity (Wildman–Crippen MR) is 88.9 cm³/mol. The molecular formula is C17H19N5O. The maximum Gasteiger partial charge on any atom is 0.250 e. The second-order valence-corrected chi connectivity index (χ2v) is 5.53. The Labute approximate surface area is 134 Å². The van der Waals surface area contributed by atoms with Gasteiger partial charge in [-0.2, -0.15) is 10.2 Å². The van der Waals surface area contributed by atoms with E-state index in [9.17, 15) is 4.79 Å². The Kier molecular flexibility index (Phi) is 3.97. The van der Waals surface area contributed by atoms with Crippen LogP contribution in [0.4, 0.5) is 5.82 Å². The summed E-state index contributed by atoms with van der Waals surface area (Å²) < 4.78 is 3.38. The van der Waals surface area contributed by atoms with Crippen molar-refractivity contribution in [3.05, 3.63) is 54.5 Å². The number of carbonyl (C=O) groups excluding carboxylic acids is 1. The van der Waals surface area contributed by atoms with Crippen LogP contribution in [-0.2, 0) is 11.8 Å². The van der Waals surface area contributed by atoms with Crippen LogP contribution in [0.2, 0.25) is 0 Å². The third kappa shape index (κ3) is 3.15. The van der Waals surface area contributed by atoms with Crippen LogP contribution in [0, 0.1) is 6.92 Å². The Balaban J connectivity index is 1.74. The number of carbonyl (C=O) groups is 1. The number of rotatable bonds is 4. The molecule has 0 radical (unpaired) electrons. The summed E-state index contributed by atoms with van der Waals surface area (Å²) in [4.78, 5) is 12.4. The molecule has 1 aromatic carbocycles. The van der Waals surface area contributed by atoms with Gasteiger partial charge in [0.15, 0.2) is 5.82 Å². The number of aromatic nitrogens is 4. The highest BCUT2D eigenvalue weighted by molar-refractivity contribution is 5.92. The first-order valence-electron chi connectivity index (χ1n) is 7.45. The van der Waals surface area contributed by atoms with Crippen LogP contribution < -0.4 is 5.32 Å². The van der Waals surface area contributed by atoms with Crippen LogP contribution in [0.3, 0.4) is 0 Å². The molecule has 2 aromatic heterocycles. The molecule has 0 saturated carbocycles. The largest absolute Gasteiger partial charge is 0.307 e. The van der Waals surface area contributed by atoms with Gasteiger partial charge >= 0.3 is 0 Å². The van der Waals surface area contributed by atoms with Gasteiger partial charge in [0.1, 0.15) is 6.04 Å². The van der Waals surface area contributed by atoms with E-state index in [1.807, 2.05) is 63.5 Å². The number of nitrogens with zero attached hydrogens (tertiary/aromatic N) is 4. The van der Waals surface area contributed by atoms with E-state index in [0.29, 0.717) is 5.82 Å². The number of nitrogens with one attached hydrogen (secondary N) is 1. The molecule has 1 atom stereocenters. The molecule has 6 heteroatoms. The lowest BCUT2D eigenvalue weighted by molar-refractivity contribution is -0.119. The number of anilines is 1. The minimum atomic E-state index is -0.422. The molecule has 0 bridgehead atoms. The van der Waals surface area contributed by atoms with Gasteiger partial charge in [-0.25, -0.2) is 0 Å². The van der Waals surface area contributed by atoms with Crippen LogP contribution in [0.15, 0.2) is 48.8 Å². The first-order chi connectivity index (χ1) is 11.0. The molecule has 3 aromatic rings. The minimum Gasteiger partial charge on any atom is -0.307 e. The number of amides is 1. The highest BCUT2D eigenvalue weighted by Crippen LogP contribution is 2.20. The van der Waals surface area contributed by atoms with Gasteiger partial charge in [-0.15, -0.1) is 0 Å². The van der Waals surface area contributed by atoms with E-state index in [0.717, 1.165) is 16.8 Å². The van der Waals surface area contributed by atoms with Crippen molar-refractivity contribution in [3.8, 4) is 11.1 Å². The fourth-order valence-corrected chi connectivity index (χ4v) is 2.30. The Bertz CT molecular complexity index is 799. The Hall–Kier alpha value is -2.89. The fourth-order valence-electron chi connectivity index (χ4n) is 2.30. The molecule has 0 aliphatic rings. The van der Waals surface area contributed by atoms with Gasteiger partial charge < -0.3 is 5.32 Å². The van der Waals surface area contributed by atoms with E-state index in [1.54, 1.807) is 15.6 Å². The van der Waals surface area contributed by atoms with Crippen molar-refractivity contribution in [2.75, 3.05) is 5.32 Å². The van der Waals surface area contributed by atoms with Crippen molar-refractivity contribution in [1.82, 2.24) is 19.6 Å². The smallest absolute Gasteiger partial charge is 0.250 e. The molecule has 0 unspecified atom stereocenters. The predicted octanol–water partition coefficient (Wildman–Crippen LogP) is 2.79. The van der Waals surface area contributed by atoms with Gasteiger partial charge in [0.25, 0.3) is 0 Å². The summed E-state index contributed by atoms with van der Waals surface area (Å²) in [6.45, 7) is 3.75. The zero-order chi connectivity index (χ0) is 16.4. The van der Waals surface area contributed by atoms with E-state index in [1.165, 1.54) is 0 Å². The third-order valence-electron chi connectivity index (χ3n) is 3.85. The van der Waals surface area contributed by atoms with Crippen LogP contribution in [0.25, 0.3) is 11.1 Å². The standard InChI is InChI=1S/C17H19N5O/c1-12-9-16(20-21(12)3)19-17(23)13(2)22-11-15(10-18-22)14-7-5-4-6-8-14/h4-11,13H,1-3H3,(H,19,20,23)/t13-/m1/s1. The summed E-state index contributed by atoms with van der Waals surface area (Å²) in [5.74, 6) is 0.406. The van der Waals surface area contributed by atoms with Gasteiger partial charge in [-0.05, 0) is 19.4 Å². The van der Waals surface area contributed by atoms with Gasteiger partial charge in [0, 0.05) is 30.6 Å². The van der Waals surface area contributed by atoms with E-state index >= 15 is 0 Å². The zero-order valence-electron chi connectivity index (χ0n) is 13.4. The van der Waals surface area contributed by atoms with Crippen molar-refractivity contribution in [2.45, 2.75) is 19.9 Å². The molecule has 1 amide bonds. The molecule has 0 aliphatic carbocycles. The summed E-state index contributed by atoms with van der Waals surface area (Å²) in [5, 5.41) is 11.4. The third-order valence-corrected chi connectivity index (χ3v) is 3.85. The Morgan fingerprint density at radius 2 is 1.96 bits per heavy atom. The number of hydrogen-bond donors (Lipinski definition) is 1. The molecule has 0 fully saturated rings. The monoisotopic (exact) mass is 309 g/mol. The molecule has 6 nitrogen and oxygen atoms in total. The number of aryl methyl sites for hydroxylation is 2. The average Bonchev–Trinajstić information content (AvgIpc) is 3.15. The second-order valence-electron chi connectivity index (χ2n) is 5.53. The lowest BCUT2D eigenvalue weighted by Crippen LogP contribution is -2.24. The molecule has 1 N–H and O–H groups in total. The van der Waals surface area contributed by atoms with E-state index in [-0.39, 0.29) is 5.91 Å². The number of benzene rings is 1. The molecular weight excluding hydrogens is 290 g/mol. The highest BCUT2D eigenvalue weighted by atomic mass is 16.2. The van der Waals surface area contributed by atoms with Gasteiger partial charge in [0.2, 0.25) is 5.91 Å². The minimum absolute atomic E-state index is 0.147. The van der Waals surface area contributed by atoms with Crippen LogP contribution in [-0.4, -0.2) is 25.5 Å². The first-order valence-corrected chi connectivity index (χ1v) is 7.45. The molecule has 0 spiro atoms. The summed E-state index contributed by atoms with van der Waals surface area (Å²) in [5.41, 5.74) is 3.05. The van der Waals surface area contributed by atoms with Crippen molar-refractivity contribution in [2.24, 2.45) is 7.05 Å². The maximum atomic E-state index is 12.4. The van der Waals surface area contributed by atoms with Gasteiger partial charge in [0.05, 0.1) is 6.20 Å². The Morgan fingerprint density at radius 1 is 1.22 bits per heavy atom. The highest BCUT2D eigenvalue weighted by Gasteiger charge is 2.17. The van der Waals surface area contributed by atoms with Crippen molar-refractivity contribution in [1.29, 1.82) is 0 Å².